The third-order valence-electron chi connectivity index (χ3n) is 5.51. The molecule has 3 rings (SSSR count). The van der Waals surface area contributed by atoms with Crippen molar-refractivity contribution in [1.82, 2.24) is 14.8 Å². The summed E-state index contributed by atoms with van der Waals surface area (Å²) < 4.78 is 11.3. The van der Waals surface area contributed by atoms with E-state index in [4.69, 9.17) is 9.15 Å². The minimum absolute atomic E-state index is 0.238. The third kappa shape index (κ3) is 5.07. The molecule has 1 fully saturated rings. The van der Waals surface area contributed by atoms with Gasteiger partial charge in [0.25, 0.3) is 0 Å². The van der Waals surface area contributed by atoms with Gasteiger partial charge in [-0.05, 0) is 25.7 Å². The molecule has 1 aromatic rings. The van der Waals surface area contributed by atoms with Gasteiger partial charge in [0.15, 0.2) is 5.89 Å². The summed E-state index contributed by atoms with van der Waals surface area (Å²) in [5.74, 6) is 2.70. The van der Waals surface area contributed by atoms with E-state index in [1.807, 2.05) is 4.90 Å². The van der Waals surface area contributed by atoms with Gasteiger partial charge >= 0.3 is 0 Å². The van der Waals surface area contributed by atoms with E-state index < -0.39 is 0 Å². The topological polar surface area (TPSA) is 58.8 Å². The number of nitrogens with zero attached hydrogens (tertiary/aromatic N) is 3. The van der Waals surface area contributed by atoms with E-state index >= 15 is 0 Å². The van der Waals surface area contributed by atoms with Crippen molar-refractivity contribution in [1.29, 1.82) is 0 Å². The molecule has 6 nitrogen and oxygen atoms in total. The maximum absolute atomic E-state index is 12.6. The lowest BCUT2D eigenvalue weighted by Crippen LogP contribution is -2.43. The van der Waals surface area contributed by atoms with Gasteiger partial charge in [0.2, 0.25) is 5.91 Å². The Balaban J connectivity index is 1.47. The summed E-state index contributed by atoms with van der Waals surface area (Å²) in [4.78, 5) is 21.7. The number of oxazole rings is 1. The number of aromatic nitrogens is 1. The van der Waals surface area contributed by atoms with Crippen LogP contribution >= 0.6 is 0 Å². The van der Waals surface area contributed by atoms with Gasteiger partial charge < -0.3 is 14.1 Å². The van der Waals surface area contributed by atoms with Crippen molar-refractivity contribution in [3.63, 3.8) is 0 Å². The van der Waals surface area contributed by atoms with Gasteiger partial charge in [-0.15, -0.1) is 0 Å². The van der Waals surface area contributed by atoms with Crippen LogP contribution in [0.1, 0.15) is 57.4 Å². The van der Waals surface area contributed by atoms with Gasteiger partial charge in [-0.25, -0.2) is 4.98 Å². The molecule has 0 radical (unpaired) electrons. The Kier molecular flexibility index (Phi) is 6.70. The monoisotopic (exact) mass is 363 g/mol. The van der Waals surface area contributed by atoms with Crippen LogP contribution < -0.4 is 0 Å². The number of morpholine rings is 1. The highest BCUT2D eigenvalue weighted by Crippen LogP contribution is 2.22. The number of hydrogen-bond donors (Lipinski definition) is 0. The summed E-state index contributed by atoms with van der Waals surface area (Å²) in [6.45, 7) is 11.5. The zero-order valence-corrected chi connectivity index (χ0v) is 16.5. The Morgan fingerprint density at radius 1 is 1.15 bits per heavy atom. The molecule has 0 aromatic carbocycles. The van der Waals surface area contributed by atoms with E-state index in [9.17, 15) is 4.79 Å². The molecule has 1 unspecified atom stereocenters. The fourth-order valence-electron chi connectivity index (χ4n) is 3.68. The quantitative estimate of drug-likeness (QED) is 0.745. The molecule has 6 heteroatoms. The van der Waals surface area contributed by atoms with E-state index in [-0.39, 0.29) is 5.91 Å². The number of ether oxygens (including phenoxy) is 1. The first kappa shape index (κ1) is 19.4. The second-order valence-corrected chi connectivity index (χ2v) is 8.01. The number of fused-ring (bicyclic) bond motifs is 1. The molecule has 2 aliphatic rings. The standard InChI is InChI=1S/C20H33N3O3/c1-15(2)4-6-19-21-17-14-23(9-8-18(17)26-19)20(24)7-5-16(3)22-10-12-25-13-11-22/h15-16H,4-14H2,1-3H3. The molecule has 1 atom stereocenters. The SMILES string of the molecule is CC(C)CCc1nc2c(o1)CCN(C(=O)CCC(C)N1CCOCC1)C2. The number of carbonyl (C=O) groups is 1. The second kappa shape index (κ2) is 9.00. The van der Waals surface area contributed by atoms with Gasteiger partial charge in [0.05, 0.1) is 19.8 Å². The molecule has 0 aliphatic carbocycles. The number of amides is 1. The molecule has 3 heterocycles. The van der Waals surface area contributed by atoms with E-state index in [0.717, 1.165) is 75.9 Å². The highest BCUT2D eigenvalue weighted by molar-refractivity contribution is 5.76. The van der Waals surface area contributed by atoms with Crippen molar-refractivity contribution in [3.05, 3.63) is 17.3 Å². The van der Waals surface area contributed by atoms with Crippen molar-refractivity contribution in [2.24, 2.45) is 5.92 Å². The summed E-state index contributed by atoms with van der Waals surface area (Å²) in [5, 5.41) is 0. The average Bonchev–Trinajstić information content (AvgIpc) is 3.07. The molecule has 1 saturated heterocycles. The smallest absolute Gasteiger partial charge is 0.222 e. The van der Waals surface area contributed by atoms with E-state index in [1.54, 1.807) is 0 Å². The molecule has 1 aromatic heterocycles. The first-order valence-corrected chi connectivity index (χ1v) is 10.1. The maximum Gasteiger partial charge on any atom is 0.222 e. The van der Waals surface area contributed by atoms with Gasteiger partial charge in [-0.3, -0.25) is 9.69 Å². The molecular weight excluding hydrogens is 330 g/mol. The van der Waals surface area contributed by atoms with Crippen molar-refractivity contribution >= 4 is 5.91 Å². The Morgan fingerprint density at radius 2 is 1.92 bits per heavy atom. The Bertz CT molecular complexity index is 593. The van der Waals surface area contributed by atoms with E-state index in [2.05, 4.69) is 30.7 Å². The predicted octanol–water partition coefficient (Wildman–Crippen LogP) is 2.65. The van der Waals surface area contributed by atoms with Crippen LogP contribution in [0.3, 0.4) is 0 Å². The van der Waals surface area contributed by atoms with Gasteiger partial charge in [0, 0.05) is 44.9 Å². The van der Waals surface area contributed by atoms with Crippen LogP contribution in [-0.2, 0) is 28.9 Å². The van der Waals surface area contributed by atoms with Crippen LogP contribution in [0.4, 0.5) is 0 Å². The summed E-state index contributed by atoms with van der Waals surface area (Å²) in [6.07, 6.45) is 4.26. The zero-order chi connectivity index (χ0) is 18.5. The Labute approximate surface area is 156 Å². The maximum atomic E-state index is 12.6. The first-order valence-electron chi connectivity index (χ1n) is 10.1. The lowest BCUT2D eigenvalue weighted by atomic mass is 10.1. The summed E-state index contributed by atoms with van der Waals surface area (Å²) >= 11 is 0. The van der Waals surface area contributed by atoms with Crippen molar-refractivity contribution in [3.8, 4) is 0 Å². The van der Waals surface area contributed by atoms with Gasteiger partial charge in [-0.2, -0.15) is 0 Å². The Hall–Kier alpha value is -1.40. The van der Waals surface area contributed by atoms with Crippen molar-refractivity contribution < 1.29 is 13.9 Å². The average molecular weight is 364 g/mol. The number of carbonyl (C=O) groups excluding carboxylic acids is 1. The lowest BCUT2D eigenvalue weighted by molar-refractivity contribution is -0.132. The van der Waals surface area contributed by atoms with Crippen molar-refractivity contribution in [2.45, 2.75) is 65.5 Å². The third-order valence-corrected chi connectivity index (χ3v) is 5.51. The van der Waals surface area contributed by atoms with Crippen LogP contribution in [0.25, 0.3) is 0 Å². The Morgan fingerprint density at radius 3 is 2.65 bits per heavy atom. The van der Waals surface area contributed by atoms with Crippen LogP contribution in [0.2, 0.25) is 0 Å². The predicted molar refractivity (Wildman–Crippen MR) is 99.9 cm³/mol. The number of hydrogen-bond acceptors (Lipinski definition) is 5. The molecule has 0 spiro atoms. The normalized spacial score (nSPS) is 19.6. The molecule has 0 N–H and O–H groups in total. The lowest BCUT2D eigenvalue weighted by Gasteiger charge is -2.33. The highest BCUT2D eigenvalue weighted by Gasteiger charge is 2.26. The molecule has 1 amide bonds. The molecule has 146 valence electrons. The van der Waals surface area contributed by atoms with Crippen LogP contribution in [0.15, 0.2) is 4.42 Å². The summed E-state index contributed by atoms with van der Waals surface area (Å²) in [6, 6.07) is 0.429. The number of aryl methyl sites for hydroxylation is 1. The van der Waals surface area contributed by atoms with Crippen LogP contribution in [0.5, 0.6) is 0 Å². The fraction of sp³-hybridized carbons (Fsp3) is 0.800. The molecule has 0 bridgehead atoms. The minimum atomic E-state index is 0.238. The first-order chi connectivity index (χ1) is 12.5. The van der Waals surface area contributed by atoms with Gasteiger partial charge in [0.1, 0.15) is 11.5 Å². The molecule has 0 saturated carbocycles. The number of rotatable bonds is 7. The van der Waals surface area contributed by atoms with Gasteiger partial charge in [-0.1, -0.05) is 13.8 Å². The summed E-state index contributed by atoms with van der Waals surface area (Å²) in [5.41, 5.74) is 0.963. The molecule has 26 heavy (non-hydrogen) atoms. The fourth-order valence-corrected chi connectivity index (χ4v) is 3.68. The molecular formula is C20H33N3O3. The van der Waals surface area contributed by atoms with Crippen LogP contribution in [0, 0.1) is 5.92 Å². The zero-order valence-electron chi connectivity index (χ0n) is 16.5. The van der Waals surface area contributed by atoms with E-state index in [1.165, 1.54) is 0 Å². The second-order valence-electron chi connectivity index (χ2n) is 8.01. The van der Waals surface area contributed by atoms with Crippen molar-refractivity contribution in [2.75, 3.05) is 32.8 Å². The largest absolute Gasteiger partial charge is 0.445 e. The highest BCUT2D eigenvalue weighted by atomic mass is 16.5. The molecule has 2 aliphatic heterocycles. The van der Waals surface area contributed by atoms with E-state index in [0.29, 0.717) is 24.9 Å². The van der Waals surface area contributed by atoms with Crippen LogP contribution in [-0.4, -0.2) is 59.6 Å². The summed E-state index contributed by atoms with van der Waals surface area (Å²) in [7, 11) is 0. The minimum Gasteiger partial charge on any atom is -0.445 e.